The van der Waals surface area contributed by atoms with Crippen LogP contribution in [0.5, 0.6) is 6.01 Å². The first-order valence-corrected chi connectivity index (χ1v) is 11.0. The number of H-pyrrole nitrogens is 1. The molecule has 1 aliphatic carbocycles. The Labute approximate surface area is 200 Å². The molecule has 0 atom stereocenters. The van der Waals surface area contributed by atoms with Crippen LogP contribution in [-0.4, -0.2) is 65.3 Å². The van der Waals surface area contributed by atoms with Gasteiger partial charge in [0.2, 0.25) is 0 Å². The summed E-state index contributed by atoms with van der Waals surface area (Å²) in [6.07, 6.45) is 6.02. The van der Waals surface area contributed by atoms with Crippen LogP contribution >= 0.6 is 12.4 Å². The summed E-state index contributed by atoms with van der Waals surface area (Å²) in [5, 5.41) is 0. The number of imidazole rings is 1. The topological polar surface area (TPSA) is 76.2 Å². The van der Waals surface area contributed by atoms with E-state index in [0.29, 0.717) is 23.7 Å². The van der Waals surface area contributed by atoms with Crippen LogP contribution in [0.3, 0.4) is 0 Å². The van der Waals surface area contributed by atoms with Crippen molar-refractivity contribution in [2.24, 2.45) is 0 Å². The molecule has 0 bridgehead atoms. The average molecular weight is 476 g/mol. The van der Waals surface area contributed by atoms with Crippen LogP contribution in [0.15, 0.2) is 36.5 Å². The molecule has 2 heterocycles. The van der Waals surface area contributed by atoms with E-state index >= 15 is 0 Å². The third kappa shape index (κ3) is 6.28. The van der Waals surface area contributed by atoms with E-state index < -0.39 is 0 Å². The lowest BCUT2D eigenvalue weighted by Crippen LogP contribution is -2.25. The fourth-order valence-electron chi connectivity index (χ4n) is 4.07. The number of nitrogens with one attached hydrogen (secondary N) is 1. The summed E-state index contributed by atoms with van der Waals surface area (Å²) < 4.78 is 24.8. The van der Waals surface area contributed by atoms with Crippen LogP contribution in [0, 0.1) is 5.82 Å². The Bertz CT molecular complexity index is 1020. The van der Waals surface area contributed by atoms with Gasteiger partial charge in [-0.2, -0.15) is 4.98 Å². The van der Waals surface area contributed by atoms with Crippen LogP contribution in [0.2, 0.25) is 0 Å². The predicted molar refractivity (Wildman–Crippen MR) is 128 cm³/mol. The number of hydrogen-bond acceptors (Lipinski definition) is 6. The van der Waals surface area contributed by atoms with Gasteiger partial charge in [0, 0.05) is 24.2 Å². The lowest BCUT2D eigenvalue weighted by atomic mass is 9.87. The molecule has 178 valence electrons. The first kappa shape index (κ1) is 25.1. The molecular weight excluding hydrogens is 445 g/mol. The summed E-state index contributed by atoms with van der Waals surface area (Å²) >= 11 is 0. The van der Waals surface area contributed by atoms with E-state index in [-0.39, 0.29) is 18.2 Å². The second-order valence-electron chi connectivity index (χ2n) is 8.43. The van der Waals surface area contributed by atoms with E-state index in [1.807, 2.05) is 6.07 Å². The molecule has 1 aromatic carbocycles. The highest BCUT2D eigenvalue weighted by Gasteiger charge is 2.27. The Morgan fingerprint density at radius 3 is 2.45 bits per heavy atom. The molecule has 0 radical (unpaired) electrons. The smallest absolute Gasteiger partial charge is 0.316 e. The second-order valence-corrected chi connectivity index (χ2v) is 8.43. The van der Waals surface area contributed by atoms with E-state index in [4.69, 9.17) is 14.5 Å². The number of nitrogens with zero attached hydrogens (tertiary/aromatic N) is 4. The van der Waals surface area contributed by atoms with Gasteiger partial charge in [-0.25, -0.2) is 14.4 Å². The first-order chi connectivity index (χ1) is 15.5. The number of hydrogen-bond donors (Lipinski definition) is 1. The zero-order valence-corrected chi connectivity index (χ0v) is 20.1. The minimum atomic E-state index is -0.276. The molecule has 7 nitrogen and oxygen atoms in total. The summed E-state index contributed by atoms with van der Waals surface area (Å²) in [5.74, 6) is 0.978. The number of benzene rings is 1. The average Bonchev–Trinajstić information content (AvgIpc) is 3.25. The third-order valence-electron chi connectivity index (χ3n) is 5.86. The van der Waals surface area contributed by atoms with Crippen molar-refractivity contribution in [3.05, 3.63) is 48.2 Å². The van der Waals surface area contributed by atoms with Gasteiger partial charge in [0.05, 0.1) is 36.9 Å². The number of likely N-dealkylation sites (N-methyl/N-ethyl adjacent to an activating group) is 1. The van der Waals surface area contributed by atoms with Crippen LogP contribution in [0.25, 0.3) is 22.6 Å². The molecule has 2 aromatic heterocycles. The first-order valence-electron chi connectivity index (χ1n) is 11.0. The van der Waals surface area contributed by atoms with Crippen molar-refractivity contribution < 1.29 is 13.9 Å². The molecule has 4 rings (SSSR count). The predicted octanol–water partition coefficient (Wildman–Crippen LogP) is 4.71. The van der Waals surface area contributed by atoms with E-state index in [1.165, 1.54) is 19.2 Å². The lowest BCUT2D eigenvalue weighted by molar-refractivity contribution is 0.0175. The molecule has 1 fully saturated rings. The van der Waals surface area contributed by atoms with Crippen molar-refractivity contribution in [2.45, 2.75) is 37.7 Å². The Hall–Kier alpha value is -2.55. The summed E-state index contributed by atoms with van der Waals surface area (Å²) in [6.45, 7) is 1.70. The number of halogens is 2. The number of ether oxygens (including phenoxy) is 2. The standard InChI is InChI=1S/C24H30FN5O2.ClH/c1-30(2)14-15-32-19-10-6-17(7-11-19)23-28-21(16-4-8-18(25)9-5-16)22(29-23)20-12-13-26-24(27-20)31-3;/h4-5,8-9,12-13,17,19H,6-7,10-11,14-15H2,1-3H3,(H,28,29);1H. The molecular formula is C24H31ClFN5O2. The number of aromatic nitrogens is 4. The Morgan fingerprint density at radius 2 is 1.79 bits per heavy atom. The van der Waals surface area contributed by atoms with Crippen molar-refractivity contribution in [1.82, 2.24) is 24.8 Å². The van der Waals surface area contributed by atoms with Gasteiger partial charge >= 0.3 is 6.01 Å². The van der Waals surface area contributed by atoms with Crippen LogP contribution in [0.4, 0.5) is 4.39 Å². The minimum absolute atomic E-state index is 0. The molecule has 0 amide bonds. The summed E-state index contributed by atoms with van der Waals surface area (Å²) in [7, 11) is 5.65. The molecule has 0 spiro atoms. The van der Waals surface area contributed by atoms with Crippen molar-refractivity contribution in [3.8, 4) is 28.7 Å². The fraction of sp³-hybridized carbons (Fsp3) is 0.458. The van der Waals surface area contributed by atoms with Gasteiger partial charge < -0.3 is 19.4 Å². The Kier molecular flexibility index (Phi) is 8.77. The lowest BCUT2D eigenvalue weighted by Gasteiger charge is -2.27. The number of rotatable bonds is 8. The molecule has 0 aliphatic heterocycles. The van der Waals surface area contributed by atoms with E-state index in [0.717, 1.165) is 61.6 Å². The van der Waals surface area contributed by atoms with Crippen molar-refractivity contribution in [1.29, 1.82) is 0 Å². The molecule has 9 heteroatoms. The normalized spacial score (nSPS) is 18.2. The third-order valence-corrected chi connectivity index (χ3v) is 5.86. The maximum atomic E-state index is 13.5. The van der Waals surface area contributed by atoms with E-state index in [9.17, 15) is 4.39 Å². The molecule has 1 aliphatic rings. The van der Waals surface area contributed by atoms with Crippen LogP contribution < -0.4 is 4.74 Å². The van der Waals surface area contributed by atoms with Crippen LogP contribution in [0.1, 0.15) is 37.4 Å². The van der Waals surface area contributed by atoms with E-state index in [2.05, 4.69) is 33.9 Å². The summed E-state index contributed by atoms with van der Waals surface area (Å²) in [6, 6.07) is 8.50. The Morgan fingerprint density at radius 1 is 1.06 bits per heavy atom. The molecule has 0 unspecified atom stereocenters. The van der Waals surface area contributed by atoms with Gasteiger partial charge in [0.1, 0.15) is 11.6 Å². The SMILES string of the molecule is COc1nccc(-c2[nH]c(C3CCC(OCCN(C)C)CC3)nc2-c2ccc(F)cc2)n1.Cl. The molecule has 0 saturated heterocycles. The van der Waals surface area contributed by atoms with Crippen molar-refractivity contribution in [2.75, 3.05) is 34.4 Å². The second kappa shape index (κ2) is 11.5. The van der Waals surface area contributed by atoms with Gasteiger partial charge in [-0.3, -0.25) is 0 Å². The molecule has 1 saturated carbocycles. The van der Waals surface area contributed by atoms with Crippen molar-refractivity contribution >= 4 is 12.4 Å². The van der Waals surface area contributed by atoms with Gasteiger partial charge in [0.25, 0.3) is 0 Å². The molecule has 33 heavy (non-hydrogen) atoms. The maximum Gasteiger partial charge on any atom is 0.316 e. The summed E-state index contributed by atoms with van der Waals surface area (Å²) in [4.78, 5) is 19.2. The highest BCUT2D eigenvalue weighted by atomic mass is 35.5. The quantitative estimate of drug-likeness (QED) is 0.508. The molecule has 3 aromatic rings. The summed E-state index contributed by atoms with van der Waals surface area (Å²) in [5.41, 5.74) is 3.07. The van der Waals surface area contributed by atoms with Crippen LogP contribution in [-0.2, 0) is 4.74 Å². The highest BCUT2D eigenvalue weighted by molar-refractivity contribution is 5.85. The van der Waals surface area contributed by atoms with Gasteiger partial charge in [0.15, 0.2) is 0 Å². The highest BCUT2D eigenvalue weighted by Crippen LogP contribution is 2.37. The zero-order chi connectivity index (χ0) is 22.5. The van der Waals surface area contributed by atoms with E-state index in [1.54, 1.807) is 18.3 Å². The Balaban J connectivity index is 0.00000306. The molecule has 1 N–H and O–H groups in total. The minimum Gasteiger partial charge on any atom is -0.467 e. The zero-order valence-electron chi connectivity index (χ0n) is 19.3. The maximum absolute atomic E-state index is 13.5. The monoisotopic (exact) mass is 475 g/mol. The van der Waals surface area contributed by atoms with Gasteiger partial charge in [-0.05, 0) is 70.1 Å². The largest absolute Gasteiger partial charge is 0.467 e. The number of aromatic amines is 1. The van der Waals surface area contributed by atoms with Gasteiger partial charge in [-0.1, -0.05) is 0 Å². The fourth-order valence-corrected chi connectivity index (χ4v) is 4.07. The number of methoxy groups -OCH3 is 1. The van der Waals surface area contributed by atoms with Gasteiger partial charge in [-0.15, -0.1) is 12.4 Å². The van der Waals surface area contributed by atoms with Crippen molar-refractivity contribution in [3.63, 3.8) is 0 Å².